The van der Waals surface area contributed by atoms with E-state index in [1.165, 1.54) is 24.2 Å². The van der Waals surface area contributed by atoms with Crippen LogP contribution in [-0.2, 0) is 4.79 Å². The minimum atomic E-state index is 0.0463. The first kappa shape index (κ1) is 22.1. The Hall–Kier alpha value is -2.67. The highest BCUT2D eigenvalue weighted by Crippen LogP contribution is 2.37. The van der Waals surface area contributed by atoms with Crippen molar-refractivity contribution in [3.05, 3.63) is 46.7 Å². The minimum Gasteiger partial charge on any atom is -0.342 e. The van der Waals surface area contributed by atoms with E-state index in [4.69, 9.17) is 4.98 Å². The second-order valence-electron chi connectivity index (χ2n) is 9.44. The molecule has 2 aliphatic heterocycles. The van der Waals surface area contributed by atoms with Gasteiger partial charge in [-0.15, -0.1) is 11.3 Å². The smallest absolute Gasteiger partial charge is 0.266 e. The van der Waals surface area contributed by atoms with Crippen molar-refractivity contribution in [2.45, 2.75) is 52.4 Å². The summed E-state index contributed by atoms with van der Waals surface area (Å²) in [6.45, 7) is 7.14. The molecule has 3 aromatic heterocycles. The molecule has 33 heavy (non-hydrogen) atoms. The second-order valence-corrected chi connectivity index (χ2v) is 10.4. The molecule has 2 fully saturated rings. The average molecular weight is 465 g/mol. The van der Waals surface area contributed by atoms with Crippen LogP contribution in [0, 0.1) is 19.8 Å². The lowest BCUT2D eigenvalue weighted by Crippen LogP contribution is -2.44. The molecule has 0 unspecified atom stereocenters. The zero-order valence-corrected chi connectivity index (χ0v) is 20.4. The molecule has 0 aromatic carbocycles. The van der Waals surface area contributed by atoms with Crippen molar-refractivity contribution in [3.63, 3.8) is 0 Å². The first-order valence-corrected chi connectivity index (χ1v) is 13.0. The van der Waals surface area contributed by atoms with Crippen LogP contribution in [0.15, 0.2) is 30.6 Å². The normalized spacial score (nSPS) is 18.0. The van der Waals surface area contributed by atoms with Gasteiger partial charge in [-0.1, -0.05) is 12.8 Å². The lowest BCUT2D eigenvalue weighted by atomic mass is 9.95. The third-order valence-electron chi connectivity index (χ3n) is 7.07. The van der Waals surface area contributed by atoms with Crippen LogP contribution < -0.4 is 0 Å². The quantitative estimate of drug-likeness (QED) is 0.551. The van der Waals surface area contributed by atoms with E-state index in [9.17, 15) is 9.59 Å². The number of pyridine rings is 1. The summed E-state index contributed by atoms with van der Waals surface area (Å²) < 4.78 is 2.03. The van der Waals surface area contributed by atoms with E-state index in [2.05, 4.69) is 17.9 Å². The fourth-order valence-corrected chi connectivity index (χ4v) is 6.58. The van der Waals surface area contributed by atoms with Gasteiger partial charge in [-0.25, -0.2) is 4.98 Å². The molecule has 0 N–H and O–H groups in total. The van der Waals surface area contributed by atoms with Gasteiger partial charge in [-0.2, -0.15) is 0 Å². The van der Waals surface area contributed by atoms with E-state index >= 15 is 0 Å². The van der Waals surface area contributed by atoms with Gasteiger partial charge >= 0.3 is 0 Å². The number of hydrogen-bond donors (Lipinski definition) is 0. The van der Waals surface area contributed by atoms with Gasteiger partial charge in [0.25, 0.3) is 5.91 Å². The maximum Gasteiger partial charge on any atom is 0.266 e. The van der Waals surface area contributed by atoms with Crippen LogP contribution in [0.4, 0.5) is 0 Å². The zero-order chi connectivity index (χ0) is 22.9. The molecule has 2 aliphatic rings. The van der Waals surface area contributed by atoms with Gasteiger partial charge in [0.05, 0.1) is 5.69 Å². The molecule has 5 rings (SSSR count). The monoisotopic (exact) mass is 464 g/mol. The van der Waals surface area contributed by atoms with Crippen molar-refractivity contribution in [2.75, 3.05) is 26.2 Å². The maximum absolute atomic E-state index is 13.7. The average Bonchev–Trinajstić information content (AvgIpc) is 3.38. The van der Waals surface area contributed by atoms with E-state index in [-0.39, 0.29) is 11.8 Å². The first-order chi connectivity index (χ1) is 16.0. The first-order valence-electron chi connectivity index (χ1n) is 12.1. The van der Waals surface area contributed by atoms with Crippen molar-refractivity contribution < 1.29 is 9.59 Å². The fraction of sp³-hybridized carbons (Fsp3) is 0.500. The molecular weight excluding hydrogens is 432 g/mol. The van der Waals surface area contributed by atoms with Gasteiger partial charge in [0.15, 0.2) is 0 Å². The van der Waals surface area contributed by atoms with Gasteiger partial charge in [-0.3, -0.25) is 9.59 Å². The molecule has 0 radical (unpaired) electrons. The summed E-state index contributed by atoms with van der Waals surface area (Å²) in [5.41, 5.74) is 3.03. The number of fused-ring (bicyclic) bond motifs is 1. The van der Waals surface area contributed by atoms with Crippen LogP contribution in [0.3, 0.4) is 0 Å². The molecule has 2 amide bonds. The van der Waals surface area contributed by atoms with Gasteiger partial charge in [0.1, 0.15) is 9.71 Å². The molecular formula is C26H32N4O2S. The standard InChI is InChI=1S/C26H32N4O2S/c1-18-17-19(2)27-24-21(18)22(28-11-7-8-12-28)23(33-24)26(32)30-15-9-20(10-16-30)25(31)29-13-5-3-4-6-14-29/h7-8,11-12,17,20H,3-6,9-10,13-16H2,1-2H3. The Labute approximate surface area is 199 Å². The Kier molecular flexibility index (Phi) is 6.23. The van der Waals surface area contributed by atoms with E-state index < -0.39 is 0 Å². The molecule has 3 aromatic rings. The summed E-state index contributed by atoms with van der Waals surface area (Å²) >= 11 is 1.49. The number of aromatic nitrogens is 2. The van der Waals surface area contributed by atoms with Crippen LogP contribution in [-0.4, -0.2) is 57.3 Å². The number of amides is 2. The number of nitrogens with zero attached hydrogens (tertiary/aromatic N) is 4. The number of thiophene rings is 1. The van der Waals surface area contributed by atoms with Crippen molar-refractivity contribution in [2.24, 2.45) is 5.92 Å². The number of carbonyl (C=O) groups is 2. The molecule has 2 saturated heterocycles. The summed E-state index contributed by atoms with van der Waals surface area (Å²) in [4.78, 5) is 37.2. The number of hydrogen-bond acceptors (Lipinski definition) is 4. The molecule has 0 aliphatic carbocycles. The predicted octanol–water partition coefficient (Wildman–Crippen LogP) is 4.96. The molecule has 0 spiro atoms. The summed E-state index contributed by atoms with van der Waals surface area (Å²) in [5.74, 6) is 0.402. The zero-order valence-electron chi connectivity index (χ0n) is 19.5. The van der Waals surface area contributed by atoms with Crippen LogP contribution >= 0.6 is 11.3 Å². The highest BCUT2D eigenvalue weighted by Gasteiger charge is 2.33. The van der Waals surface area contributed by atoms with Gasteiger partial charge in [-0.05, 0) is 63.3 Å². The highest BCUT2D eigenvalue weighted by atomic mass is 32.1. The Morgan fingerprint density at radius 2 is 1.61 bits per heavy atom. The SMILES string of the molecule is Cc1cc(C)c2c(-n3cccc3)c(C(=O)N3CCC(C(=O)N4CCCCCC4)CC3)sc2n1. The summed E-state index contributed by atoms with van der Waals surface area (Å²) in [5, 5.41) is 1.05. The van der Waals surface area contributed by atoms with Crippen molar-refractivity contribution in [3.8, 4) is 5.69 Å². The fourth-order valence-electron chi connectivity index (χ4n) is 5.32. The van der Waals surface area contributed by atoms with Gasteiger partial charge < -0.3 is 14.4 Å². The molecule has 6 nitrogen and oxygen atoms in total. The number of piperidine rings is 1. The van der Waals surface area contributed by atoms with Gasteiger partial charge in [0, 0.05) is 55.6 Å². The van der Waals surface area contributed by atoms with Crippen molar-refractivity contribution >= 4 is 33.4 Å². The van der Waals surface area contributed by atoms with Crippen LogP contribution in [0.1, 0.15) is 59.5 Å². The molecule has 0 saturated carbocycles. The van der Waals surface area contributed by atoms with E-state index in [0.29, 0.717) is 19.0 Å². The topological polar surface area (TPSA) is 58.4 Å². The largest absolute Gasteiger partial charge is 0.342 e. The third-order valence-corrected chi connectivity index (χ3v) is 8.13. The lowest BCUT2D eigenvalue weighted by Gasteiger charge is -2.34. The second kappa shape index (κ2) is 9.29. The highest BCUT2D eigenvalue weighted by molar-refractivity contribution is 7.21. The van der Waals surface area contributed by atoms with Crippen LogP contribution in [0.2, 0.25) is 0 Å². The number of likely N-dealkylation sites (tertiary alicyclic amines) is 2. The van der Waals surface area contributed by atoms with Gasteiger partial charge in [0.2, 0.25) is 5.91 Å². The van der Waals surface area contributed by atoms with Crippen molar-refractivity contribution in [1.82, 2.24) is 19.4 Å². The minimum absolute atomic E-state index is 0.0463. The summed E-state index contributed by atoms with van der Waals surface area (Å²) in [6, 6.07) is 6.04. The molecule has 0 atom stereocenters. The molecule has 0 bridgehead atoms. The van der Waals surface area contributed by atoms with E-state index in [1.807, 2.05) is 40.9 Å². The Bertz CT molecular complexity index is 1150. The van der Waals surface area contributed by atoms with E-state index in [1.54, 1.807) is 0 Å². The third kappa shape index (κ3) is 4.31. The number of carbonyl (C=O) groups excluding carboxylic acids is 2. The Morgan fingerprint density at radius 3 is 2.27 bits per heavy atom. The maximum atomic E-state index is 13.7. The summed E-state index contributed by atoms with van der Waals surface area (Å²) in [6.07, 6.45) is 10.2. The Balaban J connectivity index is 1.37. The lowest BCUT2D eigenvalue weighted by molar-refractivity contribution is -0.136. The molecule has 174 valence electrons. The van der Waals surface area contributed by atoms with E-state index in [0.717, 1.165) is 70.8 Å². The molecule has 5 heterocycles. The number of rotatable bonds is 3. The van der Waals surface area contributed by atoms with Crippen LogP contribution in [0.25, 0.3) is 15.9 Å². The number of aryl methyl sites for hydroxylation is 2. The summed E-state index contributed by atoms with van der Waals surface area (Å²) in [7, 11) is 0. The molecule has 7 heteroatoms. The van der Waals surface area contributed by atoms with Crippen LogP contribution in [0.5, 0.6) is 0 Å². The predicted molar refractivity (Wildman–Crippen MR) is 132 cm³/mol. The van der Waals surface area contributed by atoms with Crippen molar-refractivity contribution in [1.29, 1.82) is 0 Å². The Morgan fingerprint density at radius 1 is 0.939 bits per heavy atom.